The molecule has 2 aromatic heterocycles. The van der Waals surface area contributed by atoms with Gasteiger partial charge < -0.3 is 14.2 Å². The zero-order valence-electron chi connectivity index (χ0n) is 16.9. The third-order valence-electron chi connectivity index (χ3n) is 5.45. The lowest BCUT2D eigenvalue weighted by atomic mass is 10.2. The Morgan fingerprint density at radius 2 is 1.77 bits per heavy atom. The van der Waals surface area contributed by atoms with Crippen LogP contribution in [0.2, 0.25) is 0 Å². The highest BCUT2D eigenvalue weighted by Crippen LogP contribution is 2.31. The fraction of sp³-hybridized carbons (Fsp3) is 0.167. The maximum Gasteiger partial charge on any atom is 0.254 e. The van der Waals surface area contributed by atoms with E-state index in [4.69, 9.17) is 9.84 Å². The smallest absolute Gasteiger partial charge is 0.254 e. The van der Waals surface area contributed by atoms with Gasteiger partial charge >= 0.3 is 0 Å². The number of nitrogens with zero attached hydrogens (tertiary/aromatic N) is 4. The molecule has 1 aliphatic heterocycles. The number of ether oxygens (including phenoxy) is 1. The van der Waals surface area contributed by atoms with Crippen LogP contribution >= 0.6 is 0 Å². The summed E-state index contributed by atoms with van der Waals surface area (Å²) in [7, 11) is 1.62. The van der Waals surface area contributed by atoms with E-state index in [1.807, 2.05) is 52.3 Å². The Bertz CT molecular complexity index is 1210. The van der Waals surface area contributed by atoms with E-state index in [0.29, 0.717) is 18.7 Å². The lowest BCUT2D eigenvalue weighted by molar-refractivity contribution is 0.0749. The van der Waals surface area contributed by atoms with Gasteiger partial charge in [0.15, 0.2) is 0 Å². The molecule has 1 aliphatic rings. The van der Waals surface area contributed by atoms with Gasteiger partial charge in [0.2, 0.25) is 0 Å². The molecule has 0 saturated carbocycles. The van der Waals surface area contributed by atoms with Gasteiger partial charge in [-0.25, -0.2) is 4.68 Å². The molecule has 0 atom stereocenters. The summed E-state index contributed by atoms with van der Waals surface area (Å²) >= 11 is 0. The van der Waals surface area contributed by atoms with Crippen molar-refractivity contribution in [2.75, 3.05) is 7.11 Å². The number of rotatable bonds is 4. The maximum absolute atomic E-state index is 13.1. The van der Waals surface area contributed by atoms with E-state index >= 15 is 0 Å². The Hall–Kier alpha value is -3.80. The van der Waals surface area contributed by atoms with Gasteiger partial charge in [-0.1, -0.05) is 12.1 Å². The molecule has 3 heterocycles. The average molecular weight is 398 g/mol. The van der Waals surface area contributed by atoms with Crippen LogP contribution in [0.5, 0.6) is 5.75 Å². The second kappa shape index (κ2) is 7.22. The van der Waals surface area contributed by atoms with E-state index < -0.39 is 0 Å². The second-order valence-corrected chi connectivity index (χ2v) is 7.48. The number of hydrogen-bond donors (Lipinski definition) is 0. The van der Waals surface area contributed by atoms with Crippen LogP contribution in [-0.4, -0.2) is 32.3 Å². The van der Waals surface area contributed by atoms with Crippen molar-refractivity contribution >= 4 is 5.91 Å². The van der Waals surface area contributed by atoms with Gasteiger partial charge in [-0.3, -0.25) is 4.79 Å². The quantitative estimate of drug-likeness (QED) is 0.519. The summed E-state index contributed by atoms with van der Waals surface area (Å²) in [6.45, 7) is 3.10. The van der Waals surface area contributed by atoms with E-state index in [9.17, 15) is 4.79 Å². The molecule has 150 valence electrons. The van der Waals surface area contributed by atoms with Crippen LogP contribution in [0.15, 0.2) is 73.1 Å². The first-order valence-electron chi connectivity index (χ1n) is 9.88. The van der Waals surface area contributed by atoms with Gasteiger partial charge in [0.25, 0.3) is 5.91 Å². The number of aromatic nitrogens is 3. The fourth-order valence-corrected chi connectivity index (χ4v) is 3.94. The van der Waals surface area contributed by atoms with E-state index in [-0.39, 0.29) is 5.91 Å². The van der Waals surface area contributed by atoms with Gasteiger partial charge in [-0.05, 0) is 61.0 Å². The summed E-state index contributed by atoms with van der Waals surface area (Å²) in [4.78, 5) is 14.9. The number of aryl methyl sites for hydroxylation is 1. The van der Waals surface area contributed by atoms with Crippen molar-refractivity contribution < 1.29 is 9.53 Å². The molecule has 6 heteroatoms. The minimum Gasteiger partial charge on any atom is -0.497 e. The lowest BCUT2D eigenvalue weighted by Gasteiger charge is -2.18. The van der Waals surface area contributed by atoms with Crippen molar-refractivity contribution in [1.82, 2.24) is 19.2 Å². The zero-order valence-corrected chi connectivity index (χ0v) is 16.9. The normalized spacial score (nSPS) is 12.8. The van der Waals surface area contributed by atoms with Crippen molar-refractivity contribution in [2.24, 2.45) is 0 Å². The Kier molecular flexibility index (Phi) is 4.39. The molecule has 6 nitrogen and oxygen atoms in total. The molecule has 0 N–H and O–H groups in total. The molecular formula is C24H22N4O2. The zero-order chi connectivity index (χ0) is 20.7. The highest BCUT2D eigenvalue weighted by Gasteiger charge is 2.31. The number of fused-ring (bicyclic) bond motifs is 1. The molecular weight excluding hydrogens is 376 g/mol. The minimum absolute atomic E-state index is 0.00350. The van der Waals surface area contributed by atoms with Gasteiger partial charge in [-0.15, -0.1) is 0 Å². The van der Waals surface area contributed by atoms with E-state index in [2.05, 4.69) is 29.7 Å². The van der Waals surface area contributed by atoms with Crippen LogP contribution in [0, 0.1) is 6.92 Å². The monoisotopic (exact) mass is 398 g/mol. The van der Waals surface area contributed by atoms with Crippen LogP contribution < -0.4 is 4.74 Å². The van der Waals surface area contributed by atoms with Gasteiger partial charge in [-0.2, -0.15) is 5.10 Å². The number of methoxy groups -OCH3 is 1. The van der Waals surface area contributed by atoms with Gasteiger partial charge in [0.1, 0.15) is 11.6 Å². The first kappa shape index (κ1) is 18.2. The van der Waals surface area contributed by atoms with E-state index in [1.54, 1.807) is 19.2 Å². The first-order chi connectivity index (χ1) is 14.6. The molecule has 0 unspecified atom stereocenters. The Morgan fingerprint density at radius 3 is 2.47 bits per heavy atom. The summed E-state index contributed by atoms with van der Waals surface area (Å²) in [6, 6.07) is 19.5. The summed E-state index contributed by atoms with van der Waals surface area (Å²) in [5.74, 6) is 1.71. The largest absolute Gasteiger partial charge is 0.497 e. The molecule has 1 amide bonds. The summed E-state index contributed by atoms with van der Waals surface area (Å²) in [6.07, 6.45) is 4.02. The van der Waals surface area contributed by atoms with Crippen molar-refractivity contribution in [1.29, 1.82) is 0 Å². The van der Waals surface area contributed by atoms with Crippen molar-refractivity contribution in [3.05, 3.63) is 95.4 Å². The molecule has 0 spiro atoms. The van der Waals surface area contributed by atoms with Crippen molar-refractivity contribution in [3.63, 3.8) is 0 Å². The number of benzene rings is 2. The summed E-state index contributed by atoms with van der Waals surface area (Å²) in [5, 5.41) is 4.89. The van der Waals surface area contributed by atoms with Gasteiger partial charge in [0.05, 0.1) is 31.6 Å². The first-order valence-corrected chi connectivity index (χ1v) is 9.88. The fourth-order valence-electron chi connectivity index (χ4n) is 3.94. The topological polar surface area (TPSA) is 52.3 Å². The van der Waals surface area contributed by atoms with Crippen LogP contribution in [0.3, 0.4) is 0 Å². The molecule has 30 heavy (non-hydrogen) atoms. The predicted molar refractivity (Wildman–Crippen MR) is 114 cm³/mol. The molecule has 5 rings (SSSR count). The highest BCUT2D eigenvalue weighted by molar-refractivity contribution is 5.94. The number of amides is 1. The highest BCUT2D eigenvalue weighted by atomic mass is 16.5. The third-order valence-corrected chi connectivity index (χ3v) is 5.45. The van der Waals surface area contributed by atoms with E-state index in [1.165, 1.54) is 5.56 Å². The maximum atomic E-state index is 13.1. The summed E-state index contributed by atoms with van der Waals surface area (Å²) < 4.78 is 9.24. The minimum atomic E-state index is -0.00350. The molecule has 0 saturated heterocycles. The van der Waals surface area contributed by atoms with Crippen LogP contribution in [-0.2, 0) is 13.1 Å². The average Bonchev–Trinajstić information content (AvgIpc) is 3.49. The number of carbonyl (C=O) groups excluding carboxylic acids is 1. The molecule has 0 fully saturated rings. The van der Waals surface area contributed by atoms with Crippen molar-refractivity contribution in [3.8, 4) is 17.3 Å². The Labute approximate surface area is 174 Å². The van der Waals surface area contributed by atoms with Crippen LogP contribution in [0.4, 0.5) is 0 Å². The Balaban J connectivity index is 1.51. The third kappa shape index (κ3) is 3.06. The SMILES string of the molecule is COc1ccc(C(=O)N2Cc3nn(-c4cccc(C)c4)c(-n4cccc4)c3C2)cc1. The van der Waals surface area contributed by atoms with Crippen LogP contribution in [0.1, 0.15) is 27.2 Å². The molecule has 0 radical (unpaired) electrons. The van der Waals surface area contributed by atoms with Gasteiger partial charge in [0, 0.05) is 23.5 Å². The van der Waals surface area contributed by atoms with Crippen molar-refractivity contribution in [2.45, 2.75) is 20.0 Å². The molecule has 4 aromatic rings. The molecule has 0 bridgehead atoms. The van der Waals surface area contributed by atoms with E-state index in [0.717, 1.165) is 28.5 Å². The number of carbonyl (C=O) groups is 1. The van der Waals surface area contributed by atoms with Crippen LogP contribution in [0.25, 0.3) is 11.5 Å². The second-order valence-electron chi connectivity index (χ2n) is 7.48. The lowest BCUT2D eigenvalue weighted by Crippen LogP contribution is -2.26. The molecule has 0 aliphatic carbocycles. The summed E-state index contributed by atoms with van der Waals surface area (Å²) in [5.41, 5.74) is 4.85. The Morgan fingerprint density at radius 1 is 1.00 bits per heavy atom. The standard InChI is InChI=1S/C24H22N4O2/c1-17-6-5-7-19(14-17)28-23(26-12-3-4-13-26)21-15-27(16-22(21)25-28)24(29)18-8-10-20(30-2)11-9-18/h3-14H,15-16H2,1-2H3. The molecule has 2 aromatic carbocycles. The number of hydrogen-bond acceptors (Lipinski definition) is 3. The predicted octanol–water partition coefficient (Wildman–Crippen LogP) is 4.14.